The van der Waals surface area contributed by atoms with Crippen molar-refractivity contribution < 1.29 is 9.53 Å². The summed E-state index contributed by atoms with van der Waals surface area (Å²) in [6.07, 6.45) is 0. The number of carbonyl (C=O) groups is 1. The Morgan fingerprint density at radius 1 is 1.38 bits per heavy atom. The molecule has 1 fully saturated rings. The number of hydrogen-bond acceptors (Lipinski definition) is 3. The fourth-order valence-electron chi connectivity index (χ4n) is 1.52. The predicted octanol–water partition coefficient (Wildman–Crippen LogP) is 1.13. The van der Waals surface area contributed by atoms with Gasteiger partial charge < -0.3 is 15.4 Å². The molecule has 0 radical (unpaired) electrons. The van der Waals surface area contributed by atoms with Crippen molar-refractivity contribution in [3.63, 3.8) is 0 Å². The summed E-state index contributed by atoms with van der Waals surface area (Å²) in [5, 5.41) is 6.12. The lowest BCUT2D eigenvalue weighted by Crippen LogP contribution is -2.45. The second-order valence-corrected chi connectivity index (χ2v) is 3.99. The summed E-state index contributed by atoms with van der Waals surface area (Å²) in [6, 6.07) is 8.34. The van der Waals surface area contributed by atoms with Crippen LogP contribution in [-0.2, 0) is 16.1 Å². The van der Waals surface area contributed by atoms with E-state index in [1.54, 1.807) is 0 Å². The fraction of sp³-hybridized carbons (Fsp3) is 0.417. The fourth-order valence-corrected chi connectivity index (χ4v) is 1.52. The van der Waals surface area contributed by atoms with E-state index >= 15 is 0 Å². The van der Waals surface area contributed by atoms with Crippen molar-refractivity contribution in [3.8, 4) is 0 Å². The highest BCUT2D eigenvalue weighted by molar-refractivity contribution is 5.88. The molecule has 4 heteroatoms. The average Bonchev–Trinajstić information content (AvgIpc) is 2.17. The lowest BCUT2D eigenvalue weighted by Gasteiger charge is -2.27. The van der Waals surface area contributed by atoms with E-state index in [0.29, 0.717) is 6.04 Å². The second kappa shape index (κ2) is 5.09. The molecule has 1 aliphatic rings. The van der Waals surface area contributed by atoms with Crippen LogP contribution in [0.2, 0.25) is 0 Å². The van der Waals surface area contributed by atoms with E-state index in [-0.39, 0.29) is 5.91 Å². The van der Waals surface area contributed by atoms with Crippen LogP contribution in [0.15, 0.2) is 24.3 Å². The molecule has 4 nitrogen and oxygen atoms in total. The van der Waals surface area contributed by atoms with Gasteiger partial charge in [-0.2, -0.15) is 0 Å². The van der Waals surface area contributed by atoms with Crippen molar-refractivity contribution in [3.05, 3.63) is 29.8 Å². The first kappa shape index (κ1) is 11.1. The zero-order valence-corrected chi connectivity index (χ0v) is 9.32. The van der Waals surface area contributed by atoms with Crippen molar-refractivity contribution in [1.82, 2.24) is 5.32 Å². The first-order valence-electron chi connectivity index (χ1n) is 5.42. The Labute approximate surface area is 95.0 Å². The summed E-state index contributed by atoms with van der Waals surface area (Å²) in [4.78, 5) is 10.8. The molecule has 0 saturated carbocycles. The largest absolute Gasteiger partial charge is 0.378 e. The molecule has 1 aromatic carbocycles. The second-order valence-electron chi connectivity index (χ2n) is 3.99. The third kappa shape index (κ3) is 3.05. The first-order valence-corrected chi connectivity index (χ1v) is 5.42. The maximum atomic E-state index is 10.8. The van der Waals surface area contributed by atoms with Crippen molar-refractivity contribution in [2.75, 3.05) is 18.5 Å². The summed E-state index contributed by atoms with van der Waals surface area (Å²) < 4.78 is 5.08. The highest BCUT2D eigenvalue weighted by Gasteiger charge is 2.16. The molecule has 1 heterocycles. The maximum Gasteiger partial charge on any atom is 0.221 e. The number of anilines is 1. The van der Waals surface area contributed by atoms with Gasteiger partial charge in [-0.3, -0.25) is 4.79 Å². The van der Waals surface area contributed by atoms with Crippen molar-refractivity contribution in [1.29, 1.82) is 0 Å². The van der Waals surface area contributed by atoms with E-state index in [1.807, 2.05) is 24.3 Å². The Morgan fingerprint density at radius 2 is 2.06 bits per heavy atom. The highest BCUT2D eigenvalue weighted by Crippen LogP contribution is 2.10. The smallest absolute Gasteiger partial charge is 0.221 e. The minimum Gasteiger partial charge on any atom is -0.378 e. The zero-order chi connectivity index (χ0) is 11.4. The molecule has 86 valence electrons. The summed E-state index contributed by atoms with van der Waals surface area (Å²) in [5.74, 6) is -0.0440. The molecule has 0 atom stereocenters. The summed E-state index contributed by atoms with van der Waals surface area (Å²) in [6.45, 7) is 3.97. The molecule has 1 aliphatic heterocycles. The van der Waals surface area contributed by atoms with Gasteiger partial charge in [-0.1, -0.05) is 12.1 Å². The van der Waals surface area contributed by atoms with Gasteiger partial charge in [-0.25, -0.2) is 0 Å². The minimum absolute atomic E-state index is 0.0440. The van der Waals surface area contributed by atoms with Crippen molar-refractivity contribution in [2.45, 2.75) is 19.5 Å². The van der Waals surface area contributed by atoms with Gasteiger partial charge in [0.25, 0.3) is 0 Å². The molecule has 2 rings (SSSR count). The molecule has 0 aliphatic carbocycles. The van der Waals surface area contributed by atoms with Crippen LogP contribution in [0.25, 0.3) is 0 Å². The van der Waals surface area contributed by atoms with Crippen LogP contribution in [0.1, 0.15) is 12.5 Å². The number of hydrogen-bond donors (Lipinski definition) is 2. The number of carbonyl (C=O) groups excluding carboxylic acids is 1. The molecule has 1 aromatic rings. The molecule has 0 bridgehead atoms. The molecular weight excluding hydrogens is 204 g/mol. The predicted molar refractivity (Wildman–Crippen MR) is 62.2 cm³/mol. The average molecular weight is 220 g/mol. The van der Waals surface area contributed by atoms with Gasteiger partial charge >= 0.3 is 0 Å². The molecule has 16 heavy (non-hydrogen) atoms. The van der Waals surface area contributed by atoms with Crippen LogP contribution in [0.5, 0.6) is 0 Å². The van der Waals surface area contributed by atoms with Crippen LogP contribution in [-0.4, -0.2) is 25.2 Å². The molecular formula is C12H16N2O2. The maximum absolute atomic E-state index is 10.8. The molecule has 0 spiro atoms. The summed E-state index contributed by atoms with van der Waals surface area (Å²) in [5.41, 5.74) is 2.05. The van der Waals surface area contributed by atoms with Gasteiger partial charge in [0.1, 0.15) is 0 Å². The SMILES string of the molecule is CC(=O)Nc1ccc(CNC2COC2)cc1. The highest BCUT2D eigenvalue weighted by atomic mass is 16.5. The molecule has 0 aromatic heterocycles. The zero-order valence-electron chi connectivity index (χ0n) is 9.32. The van der Waals surface area contributed by atoms with Crippen LogP contribution in [0.4, 0.5) is 5.69 Å². The lowest BCUT2D eigenvalue weighted by molar-refractivity contribution is -0.114. The van der Waals surface area contributed by atoms with E-state index < -0.39 is 0 Å². The Kier molecular flexibility index (Phi) is 3.54. The quantitative estimate of drug-likeness (QED) is 0.799. The van der Waals surface area contributed by atoms with E-state index in [4.69, 9.17) is 4.74 Å². The van der Waals surface area contributed by atoms with Crippen LogP contribution in [0, 0.1) is 0 Å². The van der Waals surface area contributed by atoms with Crippen molar-refractivity contribution in [2.24, 2.45) is 0 Å². The molecule has 1 amide bonds. The molecule has 0 unspecified atom stereocenters. The van der Waals surface area contributed by atoms with Gasteiger partial charge in [0.2, 0.25) is 5.91 Å². The third-order valence-corrected chi connectivity index (χ3v) is 2.51. The first-order chi connectivity index (χ1) is 7.74. The van der Waals surface area contributed by atoms with Crippen LogP contribution >= 0.6 is 0 Å². The monoisotopic (exact) mass is 220 g/mol. The lowest BCUT2D eigenvalue weighted by atomic mass is 10.2. The van der Waals surface area contributed by atoms with Crippen molar-refractivity contribution >= 4 is 11.6 Å². The number of benzene rings is 1. The standard InChI is InChI=1S/C12H16N2O2/c1-9(15)14-11-4-2-10(3-5-11)6-13-12-7-16-8-12/h2-5,12-13H,6-8H2,1H3,(H,14,15). The van der Waals surface area contributed by atoms with E-state index in [1.165, 1.54) is 12.5 Å². The number of nitrogens with one attached hydrogen (secondary N) is 2. The number of amides is 1. The third-order valence-electron chi connectivity index (χ3n) is 2.51. The van der Waals surface area contributed by atoms with E-state index in [2.05, 4.69) is 10.6 Å². The van der Waals surface area contributed by atoms with E-state index in [9.17, 15) is 4.79 Å². The Balaban J connectivity index is 1.83. The Bertz CT molecular complexity index is 358. The minimum atomic E-state index is -0.0440. The van der Waals surface area contributed by atoms with Crippen LogP contribution in [0.3, 0.4) is 0 Å². The Hall–Kier alpha value is -1.39. The normalized spacial score (nSPS) is 15.6. The summed E-state index contributed by atoms with van der Waals surface area (Å²) >= 11 is 0. The van der Waals surface area contributed by atoms with E-state index in [0.717, 1.165) is 25.4 Å². The summed E-state index contributed by atoms with van der Waals surface area (Å²) in [7, 11) is 0. The van der Waals surface area contributed by atoms with Gasteiger partial charge in [-0.05, 0) is 17.7 Å². The molecule has 2 N–H and O–H groups in total. The number of rotatable bonds is 4. The van der Waals surface area contributed by atoms with Gasteiger partial charge in [-0.15, -0.1) is 0 Å². The topological polar surface area (TPSA) is 50.4 Å². The number of ether oxygens (including phenoxy) is 1. The van der Waals surface area contributed by atoms with Gasteiger partial charge in [0.05, 0.1) is 19.3 Å². The van der Waals surface area contributed by atoms with Crippen LogP contribution < -0.4 is 10.6 Å². The molecule has 1 saturated heterocycles. The van der Waals surface area contributed by atoms with Gasteiger partial charge in [0, 0.05) is 19.2 Å². The van der Waals surface area contributed by atoms with Gasteiger partial charge in [0.15, 0.2) is 0 Å². The Morgan fingerprint density at radius 3 is 2.56 bits per heavy atom.